The van der Waals surface area contributed by atoms with E-state index in [9.17, 15) is 0 Å². The number of nitrogen functional groups attached to an aromatic ring is 1. The van der Waals surface area contributed by atoms with Crippen LogP contribution in [0.2, 0.25) is 0 Å². The first-order chi connectivity index (χ1) is 11.0. The second-order valence-corrected chi connectivity index (χ2v) is 6.35. The van der Waals surface area contributed by atoms with Crippen LogP contribution in [0.4, 0.5) is 5.82 Å². The first-order valence-electron chi connectivity index (χ1n) is 7.10. The molecule has 0 aromatic carbocycles. The smallest absolute Gasteiger partial charge is 0.163 e. The Morgan fingerprint density at radius 3 is 2.39 bits per heavy atom. The number of hydrogen-bond donors (Lipinski definition) is 1. The third-order valence-corrected chi connectivity index (χ3v) is 3.84. The minimum absolute atomic E-state index is 0.264. The molecule has 0 spiro atoms. The second kappa shape index (κ2) is 6.04. The highest BCUT2D eigenvalue weighted by Crippen LogP contribution is 2.31. The summed E-state index contributed by atoms with van der Waals surface area (Å²) in [7, 11) is 1.83. The van der Waals surface area contributed by atoms with E-state index in [2.05, 4.69) is 41.0 Å². The van der Waals surface area contributed by atoms with Gasteiger partial charge < -0.3 is 5.73 Å². The molecule has 0 saturated carbocycles. The van der Waals surface area contributed by atoms with Crippen LogP contribution in [0.1, 0.15) is 25.5 Å². The molecule has 0 aliphatic carbocycles. The zero-order valence-electron chi connectivity index (χ0n) is 13.0. The van der Waals surface area contributed by atoms with Gasteiger partial charge in [-0.15, -0.1) is 0 Å². The number of nitrogens with zero attached hydrogens (tertiary/aromatic N) is 6. The van der Waals surface area contributed by atoms with Gasteiger partial charge in [0, 0.05) is 25.6 Å². The van der Waals surface area contributed by atoms with Crippen molar-refractivity contribution < 1.29 is 0 Å². The van der Waals surface area contributed by atoms with Gasteiger partial charge in [-0.3, -0.25) is 4.68 Å². The van der Waals surface area contributed by atoms with E-state index in [-0.39, 0.29) is 5.92 Å². The summed E-state index contributed by atoms with van der Waals surface area (Å²) in [6.45, 7) is 4.10. The molecule has 0 atom stereocenters. The van der Waals surface area contributed by atoms with Gasteiger partial charge in [0.05, 0.1) is 21.9 Å². The zero-order chi connectivity index (χ0) is 16.6. The van der Waals surface area contributed by atoms with Gasteiger partial charge in [0.2, 0.25) is 0 Å². The fourth-order valence-electron chi connectivity index (χ4n) is 2.21. The fourth-order valence-corrected chi connectivity index (χ4v) is 2.42. The van der Waals surface area contributed by atoms with Crippen LogP contribution in [0.15, 0.2) is 29.3 Å². The van der Waals surface area contributed by atoms with Gasteiger partial charge in [-0.2, -0.15) is 5.10 Å². The predicted octanol–water partition coefficient (Wildman–Crippen LogP) is 2.80. The van der Waals surface area contributed by atoms with Crippen LogP contribution in [0, 0.1) is 0 Å². The summed E-state index contributed by atoms with van der Waals surface area (Å²) in [5.41, 5.74) is 9.07. The summed E-state index contributed by atoms with van der Waals surface area (Å²) in [5.74, 6) is 1.20. The van der Waals surface area contributed by atoms with Crippen LogP contribution in [0.3, 0.4) is 0 Å². The predicted molar refractivity (Wildman–Crippen MR) is 91.5 cm³/mol. The lowest BCUT2D eigenvalue weighted by molar-refractivity contribution is 0.770. The van der Waals surface area contributed by atoms with E-state index < -0.39 is 0 Å². The highest BCUT2D eigenvalue weighted by molar-refractivity contribution is 9.10. The Bertz CT molecular complexity index is 840. The van der Waals surface area contributed by atoms with E-state index in [1.807, 2.05) is 20.9 Å². The van der Waals surface area contributed by atoms with Gasteiger partial charge in [0.25, 0.3) is 0 Å². The SMILES string of the molecule is CC(C)c1cnc(-c2c(-c3ncc(Br)cn3)cnn2C)c(N)n1. The van der Waals surface area contributed by atoms with E-state index in [4.69, 9.17) is 5.73 Å². The molecule has 3 aromatic rings. The van der Waals surface area contributed by atoms with E-state index in [0.29, 0.717) is 17.3 Å². The van der Waals surface area contributed by atoms with Crippen molar-refractivity contribution in [2.45, 2.75) is 19.8 Å². The van der Waals surface area contributed by atoms with Crippen LogP contribution < -0.4 is 5.73 Å². The summed E-state index contributed by atoms with van der Waals surface area (Å²) in [5, 5.41) is 4.29. The number of anilines is 1. The Morgan fingerprint density at radius 2 is 1.78 bits per heavy atom. The maximum absolute atomic E-state index is 6.13. The third kappa shape index (κ3) is 2.94. The van der Waals surface area contributed by atoms with Gasteiger partial charge >= 0.3 is 0 Å². The van der Waals surface area contributed by atoms with Gasteiger partial charge in [-0.1, -0.05) is 13.8 Å². The molecular formula is C15H16BrN7. The molecule has 0 aliphatic heterocycles. The molecular weight excluding hydrogens is 358 g/mol. The molecule has 0 aliphatic rings. The first-order valence-corrected chi connectivity index (χ1v) is 7.89. The minimum Gasteiger partial charge on any atom is -0.382 e. The normalized spacial score (nSPS) is 11.2. The van der Waals surface area contributed by atoms with Gasteiger partial charge in [-0.25, -0.2) is 19.9 Å². The molecule has 118 valence electrons. The minimum atomic E-state index is 0.264. The molecule has 3 aromatic heterocycles. The number of aryl methyl sites for hydroxylation is 1. The molecule has 3 heterocycles. The van der Waals surface area contributed by atoms with Crippen molar-refractivity contribution in [1.82, 2.24) is 29.7 Å². The maximum atomic E-state index is 6.13. The number of nitrogens with two attached hydrogens (primary N) is 1. The van der Waals surface area contributed by atoms with E-state index in [1.165, 1.54) is 0 Å². The van der Waals surface area contributed by atoms with Crippen LogP contribution in [-0.4, -0.2) is 29.7 Å². The molecule has 0 bridgehead atoms. The van der Waals surface area contributed by atoms with Gasteiger partial charge in [0.15, 0.2) is 11.6 Å². The van der Waals surface area contributed by atoms with Crippen molar-refractivity contribution in [3.05, 3.63) is 35.0 Å². The van der Waals surface area contributed by atoms with Gasteiger partial charge in [0.1, 0.15) is 11.4 Å². The van der Waals surface area contributed by atoms with Crippen molar-refractivity contribution in [3.8, 4) is 22.8 Å². The van der Waals surface area contributed by atoms with Crippen molar-refractivity contribution in [1.29, 1.82) is 0 Å². The molecule has 2 N–H and O–H groups in total. The van der Waals surface area contributed by atoms with Crippen LogP contribution in [0.25, 0.3) is 22.8 Å². The van der Waals surface area contributed by atoms with Crippen LogP contribution >= 0.6 is 15.9 Å². The van der Waals surface area contributed by atoms with Crippen molar-refractivity contribution in [2.75, 3.05) is 5.73 Å². The van der Waals surface area contributed by atoms with Crippen LogP contribution in [-0.2, 0) is 7.05 Å². The first kappa shape index (κ1) is 15.5. The quantitative estimate of drug-likeness (QED) is 0.758. The van der Waals surface area contributed by atoms with Crippen molar-refractivity contribution >= 4 is 21.7 Å². The number of hydrogen-bond acceptors (Lipinski definition) is 6. The lowest BCUT2D eigenvalue weighted by atomic mass is 10.1. The lowest BCUT2D eigenvalue weighted by Crippen LogP contribution is -2.06. The summed E-state index contributed by atoms with van der Waals surface area (Å²) in [4.78, 5) is 17.6. The molecule has 23 heavy (non-hydrogen) atoms. The Balaban J connectivity index is 2.14. The zero-order valence-corrected chi connectivity index (χ0v) is 14.6. The fraction of sp³-hybridized carbons (Fsp3) is 0.267. The van der Waals surface area contributed by atoms with Crippen molar-refractivity contribution in [3.63, 3.8) is 0 Å². The summed E-state index contributed by atoms with van der Waals surface area (Å²) in [6.07, 6.45) is 6.83. The van der Waals surface area contributed by atoms with E-state index in [1.54, 1.807) is 29.5 Å². The highest BCUT2D eigenvalue weighted by atomic mass is 79.9. The summed E-state index contributed by atoms with van der Waals surface area (Å²) < 4.78 is 2.52. The Kier molecular flexibility index (Phi) is 4.08. The third-order valence-electron chi connectivity index (χ3n) is 3.43. The maximum Gasteiger partial charge on any atom is 0.163 e. The molecule has 0 fully saturated rings. The standard InChI is InChI=1S/C15H16BrN7/c1-8(2)11-7-18-12(14(17)22-11)13-10(6-21-23(13)3)15-19-4-9(16)5-20-15/h4-8H,1-3H3,(H2,17,22). The van der Waals surface area contributed by atoms with E-state index >= 15 is 0 Å². The molecule has 0 amide bonds. The molecule has 0 unspecified atom stereocenters. The highest BCUT2D eigenvalue weighted by Gasteiger charge is 2.19. The second-order valence-electron chi connectivity index (χ2n) is 5.44. The lowest BCUT2D eigenvalue weighted by Gasteiger charge is -2.10. The number of aromatic nitrogens is 6. The monoisotopic (exact) mass is 373 g/mol. The number of halogens is 1. The molecule has 3 rings (SSSR count). The topological polar surface area (TPSA) is 95.4 Å². The molecule has 0 radical (unpaired) electrons. The van der Waals surface area contributed by atoms with Crippen LogP contribution in [0.5, 0.6) is 0 Å². The summed E-state index contributed by atoms with van der Waals surface area (Å²) in [6, 6.07) is 0. The summed E-state index contributed by atoms with van der Waals surface area (Å²) >= 11 is 3.33. The average Bonchev–Trinajstić information content (AvgIpc) is 2.89. The van der Waals surface area contributed by atoms with E-state index in [0.717, 1.165) is 21.4 Å². The average molecular weight is 374 g/mol. The Labute approximate surface area is 142 Å². The van der Waals surface area contributed by atoms with Gasteiger partial charge in [-0.05, 0) is 21.8 Å². The molecule has 8 heteroatoms. The number of rotatable bonds is 3. The van der Waals surface area contributed by atoms with Crippen molar-refractivity contribution in [2.24, 2.45) is 7.05 Å². The Morgan fingerprint density at radius 1 is 1.09 bits per heavy atom. The Hall–Kier alpha value is -2.35. The molecule has 7 nitrogen and oxygen atoms in total. The largest absolute Gasteiger partial charge is 0.382 e. The molecule has 0 saturated heterocycles.